The van der Waals surface area contributed by atoms with E-state index >= 15 is 0 Å². The van der Waals surface area contributed by atoms with E-state index in [2.05, 4.69) is 46.0 Å². The summed E-state index contributed by atoms with van der Waals surface area (Å²) in [6.45, 7) is 7.37. The number of benzene rings is 1. The quantitative estimate of drug-likeness (QED) is 0.781. The lowest BCUT2D eigenvalue weighted by atomic mass is 9.94. The van der Waals surface area contributed by atoms with E-state index in [4.69, 9.17) is 0 Å². The number of hydrogen-bond acceptors (Lipinski definition) is 3. The van der Waals surface area contributed by atoms with Crippen LogP contribution < -0.4 is 20.9 Å². The second kappa shape index (κ2) is 7.76. The largest absolute Gasteiger partial charge is 0.371 e. The SMILES string of the molecule is Cc1ccc(CNC(=O)NC2C(=O)NCCC2C)c(N2CCCC2)c1. The first-order chi connectivity index (χ1) is 12.0. The monoisotopic (exact) mass is 344 g/mol. The molecule has 25 heavy (non-hydrogen) atoms. The van der Waals surface area contributed by atoms with Crippen LogP contribution in [0.15, 0.2) is 18.2 Å². The van der Waals surface area contributed by atoms with E-state index in [1.54, 1.807) is 0 Å². The van der Waals surface area contributed by atoms with Gasteiger partial charge < -0.3 is 20.9 Å². The molecule has 2 aliphatic rings. The Kier molecular flexibility index (Phi) is 5.46. The molecule has 3 rings (SSSR count). The zero-order chi connectivity index (χ0) is 17.8. The number of piperidine rings is 1. The summed E-state index contributed by atoms with van der Waals surface area (Å²) in [6.07, 6.45) is 3.32. The van der Waals surface area contributed by atoms with Crippen molar-refractivity contribution in [3.05, 3.63) is 29.3 Å². The van der Waals surface area contributed by atoms with E-state index in [0.29, 0.717) is 13.1 Å². The van der Waals surface area contributed by atoms with Gasteiger partial charge >= 0.3 is 6.03 Å². The van der Waals surface area contributed by atoms with Gasteiger partial charge in [-0.2, -0.15) is 0 Å². The first kappa shape index (κ1) is 17.6. The molecule has 2 heterocycles. The van der Waals surface area contributed by atoms with Crippen LogP contribution in [0.2, 0.25) is 0 Å². The topological polar surface area (TPSA) is 73.5 Å². The number of nitrogens with one attached hydrogen (secondary N) is 3. The van der Waals surface area contributed by atoms with Gasteiger partial charge in [0.05, 0.1) is 0 Å². The first-order valence-corrected chi connectivity index (χ1v) is 9.21. The van der Waals surface area contributed by atoms with E-state index in [9.17, 15) is 9.59 Å². The third-order valence-corrected chi connectivity index (χ3v) is 5.16. The van der Waals surface area contributed by atoms with Gasteiger partial charge in [0.25, 0.3) is 0 Å². The minimum Gasteiger partial charge on any atom is -0.371 e. The van der Waals surface area contributed by atoms with E-state index in [1.807, 2.05) is 6.92 Å². The number of hydrogen-bond donors (Lipinski definition) is 3. The van der Waals surface area contributed by atoms with Gasteiger partial charge in [-0.3, -0.25) is 4.79 Å². The van der Waals surface area contributed by atoms with Crippen LogP contribution in [0.25, 0.3) is 0 Å². The number of carbonyl (C=O) groups is 2. The minimum atomic E-state index is -0.454. The minimum absolute atomic E-state index is 0.0954. The summed E-state index contributed by atoms with van der Waals surface area (Å²) in [5.41, 5.74) is 3.55. The van der Waals surface area contributed by atoms with Crippen LogP contribution in [0.1, 0.15) is 37.3 Å². The fourth-order valence-corrected chi connectivity index (χ4v) is 3.61. The molecule has 3 amide bonds. The summed E-state index contributed by atoms with van der Waals surface area (Å²) in [7, 11) is 0. The van der Waals surface area contributed by atoms with Crippen molar-refractivity contribution in [1.82, 2.24) is 16.0 Å². The number of urea groups is 1. The second-order valence-corrected chi connectivity index (χ2v) is 7.19. The van der Waals surface area contributed by atoms with Gasteiger partial charge in [-0.05, 0) is 49.3 Å². The lowest BCUT2D eigenvalue weighted by Crippen LogP contribution is -2.56. The Morgan fingerprint density at radius 1 is 1.32 bits per heavy atom. The first-order valence-electron chi connectivity index (χ1n) is 9.21. The van der Waals surface area contributed by atoms with E-state index in [-0.39, 0.29) is 17.9 Å². The van der Waals surface area contributed by atoms with E-state index in [0.717, 1.165) is 25.1 Å². The van der Waals surface area contributed by atoms with Crippen LogP contribution in [0.4, 0.5) is 10.5 Å². The van der Waals surface area contributed by atoms with Gasteiger partial charge in [0.2, 0.25) is 5.91 Å². The van der Waals surface area contributed by atoms with Crippen molar-refractivity contribution >= 4 is 17.6 Å². The average molecular weight is 344 g/mol. The Morgan fingerprint density at radius 3 is 2.80 bits per heavy atom. The summed E-state index contributed by atoms with van der Waals surface area (Å²) < 4.78 is 0. The fraction of sp³-hybridized carbons (Fsp3) is 0.579. The zero-order valence-corrected chi connectivity index (χ0v) is 15.1. The molecule has 2 fully saturated rings. The van der Waals surface area contributed by atoms with Crippen LogP contribution in [0.3, 0.4) is 0 Å². The summed E-state index contributed by atoms with van der Waals surface area (Å²) in [6, 6.07) is 5.60. The Bertz CT molecular complexity index is 640. The molecule has 0 spiro atoms. The van der Waals surface area contributed by atoms with Gasteiger partial charge in [-0.1, -0.05) is 19.1 Å². The van der Waals surface area contributed by atoms with Crippen LogP contribution in [-0.2, 0) is 11.3 Å². The predicted molar refractivity (Wildman–Crippen MR) is 98.6 cm³/mol. The summed E-state index contributed by atoms with van der Waals surface area (Å²) >= 11 is 0. The molecule has 2 aliphatic heterocycles. The molecule has 3 N–H and O–H groups in total. The standard InChI is InChI=1S/C19H28N4O2/c1-13-5-6-15(16(11-13)23-9-3-4-10-23)12-21-19(25)22-17-14(2)7-8-20-18(17)24/h5-6,11,14,17H,3-4,7-10,12H2,1-2H3,(H,20,24)(H2,21,22,25). The van der Waals surface area contributed by atoms with Gasteiger partial charge in [0, 0.05) is 31.9 Å². The van der Waals surface area contributed by atoms with Gasteiger partial charge in [0.15, 0.2) is 0 Å². The van der Waals surface area contributed by atoms with Crippen molar-refractivity contribution in [3.8, 4) is 0 Å². The highest BCUT2D eigenvalue weighted by Gasteiger charge is 2.30. The molecule has 0 bridgehead atoms. The molecule has 6 nitrogen and oxygen atoms in total. The van der Waals surface area contributed by atoms with Crippen LogP contribution in [0, 0.1) is 12.8 Å². The summed E-state index contributed by atoms with van der Waals surface area (Å²) in [5.74, 6) is 0.0565. The molecular formula is C19H28N4O2. The number of nitrogens with zero attached hydrogens (tertiary/aromatic N) is 1. The van der Waals surface area contributed by atoms with Crippen molar-refractivity contribution in [3.63, 3.8) is 0 Å². The van der Waals surface area contributed by atoms with Crippen molar-refractivity contribution in [1.29, 1.82) is 0 Å². The Morgan fingerprint density at radius 2 is 2.08 bits per heavy atom. The normalized spacial score (nSPS) is 23.3. The maximum Gasteiger partial charge on any atom is 0.315 e. The Labute approximate surface area is 149 Å². The highest BCUT2D eigenvalue weighted by atomic mass is 16.2. The molecule has 6 heteroatoms. The predicted octanol–water partition coefficient (Wildman–Crippen LogP) is 1.92. The van der Waals surface area contributed by atoms with Crippen molar-refractivity contribution in [2.45, 2.75) is 45.7 Å². The van der Waals surface area contributed by atoms with Gasteiger partial charge in [-0.15, -0.1) is 0 Å². The third kappa shape index (κ3) is 4.24. The Hall–Kier alpha value is -2.24. The number of amides is 3. The summed E-state index contributed by atoms with van der Waals surface area (Å²) in [4.78, 5) is 26.6. The zero-order valence-electron chi connectivity index (χ0n) is 15.1. The molecule has 2 atom stereocenters. The molecule has 0 aliphatic carbocycles. The molecule has 1 aromatic carbocycles. The molecule has 1 aromatic rings. The molecule has 2 unspecified atom stereocenters. The van der Waals surface area contributed by atoms with E-state index < -0.39 is 6.04 Å². The number of anilines is 1. The molecule has 2 saturated heterocycles. The maximum absolute atomic E-state index is 12.3. The summed E-state index contributed by atoms with van der Waals surface area (Å²) in [5, 5.41) is 8.53. The fourth-order valence-electron chi connectivity index (χ4n) is 3.61. The average Bonchev–Trinajstić information content (AvgIpc) is 3.11. The van der Waals surface area contributed by atoms with Crippen molar-refractivity contribution in [2.75, 3.05) is 24.5 Å². The van der Waals surface area contributed by atoms with Gasteiger partial charge in [0.1, 0.15) is 6.04 Å². The van der Waals surface area contributed by atoms with Crippen molar-refractivity contribution < 1.29 is 9.59 Å². The highest BCUT2D eigenvalue weighted by molar-refractivity contribution is 5.87. The molecule has 0 radical (unpaired) electrons. The second-order valence-electron chi connectivity index (χ2n) is 7.19. The van der Waals surface area contributed by atoms with Crippen LogP contribution in [0.5, 0.6) is 0 Å². The third-order valence-electron chi connectivity index (χ3n) is 5.16. The lowest BCUT2D eigenvalue weighted by molar-refractivity contribution is -0.125. The molecular weight excluding hydrogens is 316 g/mol. The van der Waals surface area contributed by atoms with Crippen LogP contribution in [-0.4, -0.2) is 37.6 Å². The maximum atomic E-state index is 12.3. The van der Waals surface area contributed by atoms with Gasteiger partial charge in [-0.25, -0.2) is 4.79 Å². The smallest absolute Gasteiger partial charge is 0.315 e. The molecule has 0 saturated carbocycles. The lowest BCUT2D eigenvalue weighted by Gasteiger charge is -2.29. The Balaban J connectivity index is 1.61. The van der Waals surface area contributed by atoms with E-state index in [1.165, 1.54) is 24.1 Å². The molecule has 136 valence electrons. The number of carbonyl (C=O) groups excluding carboxylic acids is 2. The van der Waals surface area contributed by atoms with Crippen LogP contribution >= 0.6 is 0 Å². The highest BCUT2D eigenvalue weighted by Crippen LogP contribution is 2.26. The van der Waals surface area contributed by atoms with Crippen molar-refractivity contribution in [2.24, 2.45) is 5.92 Å². The molecule has 0 aromatic heterocycles. The number of aryl methyl sites for hydroxylation is 1. The number of rotatable bonds is 4.